The van der Waals surface area contributed by atoms with E-state index in [0.717, 1.165) is 29.7 Å². The van der Waals surface area contributed by atoms with Gasteiger partial charge in [0.15, 0.2) is 11.6 Å². The third-order valence-corrected chi connectivity index (χ3v) is 5.02. The van der Waals surface area contributed by atoms with Gasteiger partial charge < -0.3 is 10.1 Å². The molecule has 1 aliphatic rings. The van der Waals surface area contributed by atoms with Gasteiger partial charge in [0.2, 0.25) is 0 Å². The zero-order chi connectivity index (χ0) is 19.0. The number of nitrogens with zero attached hydrogens (tertiary/aromatic N) is 1. The third kappa shape index (κ3) is 4.08. The van der Waals surface area contributed by atoms with Crippen molar-refractivity contribution >= 4 is 23.2 Å². The molecule has 1 saturated carbocycles. The minimum Gasteiger partial charge on any atom is -0.490 e. The monoisotopic (exact) mass is 408 g/mol. The number of halogens is 4. The van der Waals surface area contributed by atoms with Crippen LogP contribution in [0.1, 0.15) is 24.0 Å². The van der Waals surface area contributed by atoms with Gasteiger partial charge in [0, 0.05) is 42.0 Å². The molecule has 0 radical (unpaired) electrons. The predicted molar refractivity (Wildman–Crippen MR) is 104 cm³/mol. The minimum atomic E-state index is -0.903. The second-order valence-corrected chi connectivity index (χ2v) is 6.95. The van der Waals surface area contributed by atoms with Gasteiger partial charge in [-0.3, -0.25) is 4.98 Å². The second kappa shape index (κ2) is 8.37. The summed E-state index contributed by atoms with van der Waals surface area (Å²) in [5.41, 5.74) is 0.843. The Morgan fingerprint density at radius 3 is 2.64 bits per heavy atom. The molecule has 1 N–H and O–H groups in total. The number of fused-ring (bicyclic) bond motifs is 1. The Bertz CT molecular complexity index is 970. The largest absolute Gasteiger partial charge is 0.490 e. The van der Waals surface area contributed by atoms with Crippen LogP contribution < -0.4 is 10.1 Å². The summed E-state index contributed by atoms with van der Waals surface area (Å²) in [5.74, 6) is -1.66. The number of pyridine rings is 1. The van der Waals surface area contributed by atoms with Gasteiger partial charge in [-0.1, -0.05) is 0 Å². The number of hydrogen-bond donors (Lipinski definition) is 1. The van der Waals surface area contributed by atoms with Gasteiger partial charge in [-0.25, -0.2) is 13.2 Å². The molecule has 0 saturated heterocycles. The molecule has 0 atom stereocenters. The van der Waals surface area contributed by atoms with Crippen molar-refractivity contribution < 1.29 is 17.9 Å². The molecule has 28 heavy (non-hydrogen) atoms. The summed E-state index contributed by atoms with van der Waals surface area (Å²) < 4.78 is 46.7. The molecule has 0 amide bonds. The molecule has 148 valence electrons. The summed E-state index contributed by atoms with van der Waals surface area (Å²) in [6.07, 6.45) is 4.77. The number of benzene rings is 2. The maximum atomic E-state index is 14.2. The topological polar surface area (TPSA) is 34.1 Å². The molecule has 0 aliphatic heterocycles. The standard InChI is InChI=1S/C21H19F3N2O.ClH/c1-12-6-15(9-20(23)21(12)24)27-16-7-14(8-16)26-11-18-17-4-5-25-10-13(17)2-3-19(18)22;/h2-6,9-10,14,16,26H,7-8,11H2,1H3;1H. The van der Waals surface area contributed by atoms with Crippen molar-refractivity contribution in [2.45, 2.75) is 38.5 Å². The third-order valence-electron chi connectivity index (χ3n) is 5.02. The lowest BCUT2D eigenvalue weighted by atomic mass is 9.89. The molecule has 7 heteroatoms. The molecule has 3 nitrogen and oxygen atoms in total. The summed E-state index contributed by atoms with van der Waals surface area (Å²) in [5, 5.41) is 5.09. The Hall–Kier alpha value is -2.31. The minimum absolute atomic E-state index is 0. The lowest BCUT2D eigenvalue weighted by molar-refractivity contribution is 0.0837. The van der Waals surface area contributed by atoms with Gasteiger partial charge >= 0.3 is 0 Å². The number of rotatable bonds is 5. The summed E-state index contributed by atoms with van der Waals surface area (Å²) in [7, 11) is 0. The van der Waals surface area contributed by atoms with Crippen LogP contribution in [0.4, 0.5) is 13.2 Å². The Balaban J connectivity index is 0.00000225. The maximum absolute atomic E-state index is 14.2. The van der Waals surface area contributed by atoms with E-state index in [4.69, 9.17) is 4.74 Å². The van der Waals surface area contributed by atoms with Crippen LogP contribution in [0.25, 0.3) is 10.8 Å². The number of aromatic nitrogens is 1. The fourth-order valence-electron chi connectivity index (χ4n) is 3.42. The first-order chi connectivity index (χ1) is 13.0. The van der Waals surface area contributed by atoms with Crippen LogP contribution in [0, 0.1) is 24.4 Å². The van der Waals surface area contributed by atoms with Gasteiger partial charge in [0.25, 0.3) is 0 Å². The Kier molecular flexibility index (Phi) is 6.10. The quantitative estimate of drug-likeness (QED) is 0.639. The van der Waals surface area contributed by atoms with E-state index >= 15 is 0 Å². The Morgan fingerprint density at radius 1 is 1.11 bits per heavy atom. The molecule has 2 aromatic carbocycles. The van der Waals surface area contributed by atoms with Crippen LogP contribution >= 0.6 is 12.4 Å². The lowest BCUT2D eigenvalue weighted by Crippen LogP contribution is -2.46. The van der Waals surface area contributed by atoms with Crippen LogP contribution in [-0.4, -0.2) is 17.1 Å². The van der Waals surface area contributed by atoms with Crippen LogP contribution in [0.3, 0.4) is 0 Å². The fraction of sp³-hybridized carbons (Fsp3) is 0.286. The van der Waals surface area contributed by atoms with Crippen molar-refractivity contribution in [2.75, 3.05) is 0 Å². The Morgan fingerprint density at radius 2 is 1.89 bits per heavy atom. The number of nitrogens with one attached hydrogen (secondary N) is 1. The molecule has 1 heterocycles. The number of hydrogen-bond acceptors (Lipinski definition) is 3. The summed E-state index contributed by atoms with van der Waals surface area (Å²) in [6, 6.07) is 7.75. The molecule has 0 unspecified atom stereocenters. The van der Waals surface area contributed by atoms with E-state index in [-0.39, 0.29) is 35.9 Å². The van der Waals surface area contributed by atoms with E-state index in [0.29, 0.717) is 17.9 Å². The smallest absolute Gasteiger partial charge is 0.162 e. The van der Waals surface area contributed by atoms with Crippen molar-refractivity contribution in [1.29, 1.82) is 0 Å². The molecule has 4 rings (SSSR count). The summed E-state index contributed by atoms with van der Waals surface area (Å²) >= 11 is 0. The van der Waals surface area contributed by atoms with Crippen molar-refractivity contribution in [2.24, 2.45) is 0 Å². The van der Waals surface area contributed by atoms with Crippen molar-refractivity contribution in [3.05, 3.63) is 71.3 Å². The van der Waals surface area contributed by atoms with Crippen molar-refractivity contribution in [3.8, 4) is 5.75 Å². The van der Waals surface area contributed by atoms with E-state index in [1.54, 1.807) is 18.5 Å². The van der Waals surface area contributed by atoms with Crippen molar-refractivity contribution in [1.82, 2.24) is 10.3 Å². The van der Waals surface area contributed by atoms with E-state index in [1.807, 2.05) is 6.07 Å². The first-order valence-corrected chi connectivity index (χ1v) is 8.88. The predicted octanol–water partition coefficient (Wildman–Crippen LogP) is 5.08. The molecule has 1 aliphatic carbocycles. The summed E-state index contributed by atoms with van der Waals surface area (Å²) in [4.78, 5) is 4.06. The summed E-state index contributed by atoms with van der Waals surface area (Å²) in [6.45, 7) is 1.92. The highest BCUT2D eigenvalue weighted by Crippen LogP contribution is 2.29. The zero-order valence-corrected chi connectivity index (χ0v) is 16.0. The molecule has 1 fully saturated rings. The highest BCUT2D eigenvalue weighted by Gasteiger charge is 2.31. The van der Waals surface area contributed by atoms with Gasteiger partial charge in [0.1, 0.15) is 17.7 Å². The number of ether oxygens (including phenoxy) is 1. The normalized spacial score (nSPS) is 18.4. The van der Waals surface area contributed by atoms with E-state index < -0.39 is 11.6 Å². The first kappa shape index (κ1) is 20.4. The molecule has 0 bridgehead atoms. The van der Waals surface area contributed by atoms with E-state index in [9.17, 15) is 13.2 Å². The van der Waals surface area contributed by atoms with Gasteiger partial charge in [-0.05, 0) is 55.0 Å². The van der Waals surface area contributed by atoms with Crippen molar-refractivity contribution in [3.63, 3.8) is 0 Å². The second-order valence-electron chi connectivity index (χ2n) is 6.95. The van der Waals surface area contributed by atoms with Crippen LogP contribution in [0.5, 0.6) is 5.75 Å². The van der Waals surface area contributed by atoms with Gasteiger partial charge in [-0.15, -0.1) is 12.4 Å². The molecular formula is C21H20ClF3N2O. The lowest BCUT2D eigenvalue weighted by Gasteiger charge is -2.36. The molecule has 3 aromatic rings. The average molecular weight is 409 g/mol. The van der Waals surface area contributed by atoms with Gasteiger partial charge in [0.05, 0.1) is 0 Å². The zero-order valence-electron chi connectivity index (χ0n) is 15.2. The molecule has 0 spiro atoms. The van der Waals surface area contributed by atoms with Crippen LogP contribution in [-0.2, 0) is 6.54 Å². The van der Waals surface area contributed by atoms with Crippen LogP contribution in [0.2, 0.25) is 0 Å². The highest BCUT2D eigenvalue weighted by atomic mass is 35.5. The average Bonchev–Trinajstić information content (AvgIpc) is 2.62. The van der Waals surface area contributed by atoms with Crippen LogP contribution in [0.15, 0.2) is 42.7 Å². The van der Waals surface area contributed by atoms with Gasteiger partial charge in [-0.2, -0.15) is 0 Å². The highest BCUT2D eigenvalue weighted by molar-refractivity contribution is 5.85. The number of aryl methyl sites for hydroxylation is 1. The van der Waals surface area contributed by atoms with E-state index in [2.05, 4.69) is 10.3 Å². The fourth-order valence-corrected chi connectivity index (χ4v) is 3.42. The maximum Gasteiger partial charge on any atom is 0.162 e. The first-order valence-electron chi connectivity index (χ1n) is 8.88. The Labute approximate surface area is 167 Å². The van der Waals surface area contributed by atoms with E-state index in [1.165, 1.54) is 19.1 Å². The SMILES string of the molecule is Cc1cc(OC2CC(NCc3c(F)ccc4cnccc34)C2)cc(F)c1F.Cl. The molecule has 1 aromatic heterocycles. The molecular weight excluding hydrogens is 389 g/mol.